The molecule has 0 atom stereocenters. The number of halogens is 2. The van der Waals surface area contributed by atoms with Crippen molar-refractivity contribution in [3.63, 3.8) is 0 Å². The monoisotopic (exact) mass is 342 g/mol. The Labute approximate surface area is 119 Å². The van der Waals surface area contributed by atoms with E-state index in [0.29, 0.717) is 4.96 Å². The molecule has 0 N–H and O–H groups in total. The molecule has 0 fully saturated rings. The van der Waals surface area contributed by atoms with Gasteiger partial charge in [-0.15, -0.1) is 10.2 Å². The second-order valence-corrected chi connectivity index (χ2v) is 5.53. The molecule has 0 bridgehead atoms. The van der Waals surface area contributed by atoms with Crippen LogP contribution in [0.2, 0.25) is 0 Å². The maximum absolute atomic E-state index is 11.1. The maximum atomic E-state index is 11.1. The summed E-state index contributed by atoms with van der Waals surface area (Å²) in [5, 5.41) is 11.9. The highest BCUT2D eigenvalue weighted by molar-refractivity contribution is 9.10. The SMILES string of the molecule is O=C(Cl)c1nnc2sc(-c3ccccc3Br)nn12. The molecule has 0 saturated carbocycles. The summed E-state index contributed by atoms with van der Waals surface area (Å²) in [7, 11) is 0. The molecule has 90 valence electrons. The van der Waals surface area contributed by atoms with Crippen LogP contribution < -0.4 is 0 Å². The van der Waals surface area contributed by atoms with E-state index in [0.717, 1.165) is 15.0 Å². The fourth-order valence-corrected chi connectivity index (χ4v) is 3.08. The number of fused-ring (bicyclic) bond motifs is 1. The fourth-order valence-electron chi connectivity index (χ4n) is 1.48. The first-order valence-corrected chi connectivity index (χ1v) is 6.82. The standard InChI is InChI=1S/C10H4BrClN4OS/c11-6-4-2-1-3-5(6)9-15-16-8(7(12)17)13-14-10(16)18-9/h1-4H. The zero-order valence-corrected chi connectivity index (χ0v) is 11.8. The smallest absolute Gasteiger partial charge is 0.272 e. The van der Waals surface area contributed by atoms with Crippen LogP contribution >= 0.6 is 38.9 Å². The normalized spacial score (nSPS) is 11.0. The van der Waals surface area contributed by atoms with E-state index in [4.69, 9.17) is 11.6 Å². The van der Waals surface area contributed by atoms with Gasteiger partial charge >= 0.3 is 0 Å². The first-order chi connectivity index (χ1) is 8.66. The van der Waals surface area contributed by atoms with Crippen molar-refractivity contribution in [1.29, 1.82) is 0 Å². The summed E-state index contributed by atoms with van der Waals surface area (Å²) >= 11 is 10.2. The predicted octanol–water partition coefficient (Wildman–Crippen LogP) is 2.99. The predicted molar refractivity (Wildman–Crippen MR) is 72.0 cm³/mol. The molecular formula is C10H4BrClN4OS. The average molecular weight is 344 g/mol. The molecule has 0 spiro atoms. The number of carbonyl (C=O) groups excluding carboxylic acids is 1. The average Bonchev–Trinajstić information content (AvgIpc) is 2.88. The van der Waals surface area contributed by atoms with E-state index in [2.05, 4.69) is 31.2 Å². The van der Waals surface area contributed by atoms with Gasteiger partial charge in [0.2, 0.25) is 10.8 Å². The summed E-state index contributed by atoms with van der Waals surface area (Å²) in [4.78, 5) is 11.7. The number of carbonyl (C=O) groups is 1. The van der Waals surface area contributed by atoms with Crippen molar-refractivity contribution < 1.29 is 4.79 Å². The van der Waals surface area contributed by atoms with Crippen molar-refractivity contribution in [2.75, 3.05) is 0 Å². The number of hydrogen-bond acceptors (Lipinski definition) is 5. The van der Waals surface area contributed by atoms with E-state index in [1.54, 1.807) is 0 Å². The van der Waals surface area contributed by atoms with E-state index in [9.17, 15) is 4.79 Å². The number of nitrogens with zero attached hydrogens (tertiary/aromatic N) is 4. The van der Waals surface area contributed by atoms with Gasteiger partial charge in [-0.3, -0.25) is 4.79 Å². The van der Waals surface area contributed by atoms with E-state index in [1.165, 1.54) is 15.9 Å². The Morgan fingerprint density at radius 1 is 1.33 bits per heavy atom. The Balaban J connectivity index is 2.20. The zero-order chi connectivity index (χ0) is 12.7. The maximum Gasteiger partial charge on any atom is 0.291 e. The van der Waals surface area contributed by atoms with Crippen LogP contribution in [0.15, 0.2) is 28.7 Å². The van der Waals surface area contributed by atoms with Gasteiger partial charge in [-0.05, 0) is 17.7 Å². The molecule has 18 heavy (non-hydrogen) atoms. The van der Waals surface area contributed by atoms with E-state index in [1.807, 2.05) is 24.3 Å². The van der Waals surface area contributed by atoms with Crippen molar-refractivity contribution in [2.45, 2.75) is 0 Å². The lowest BCUT2D eigenvalue weighted by atomic mass is 10.2. The van der Waals surface area contributed by atoms with Gasteiger partial charge in [0, 0.05) is 10.0 Å². The third kappa shape index (κ3) is 1.84. The Hall–Kier alpha value is -1.31. The van der Waals surface area contributed by atoms with Gasteiger partial charge in [0.15, 0.2) is 0 Å². The van der Waals surface area contributed by atoms with Gasteiger partial charge in [-0.2, -0.15) is 9.61 Å². The van der Waals surface area contributed by atoms with Crippen molar-refractivity contribution >= 4 is 49.1 Å². The molecule has 0 unspecified atom stereocenters. The molecule has 3 aromatic rings. The summed E-state index contributed by atoms with van der Waals surface area (Å²) in [5.41, 5.74) is 0.931. The van der Waals surface area contributed by atoms with Crippen LogP contribution in [0.4, 0.5) is 0 Å². The quantitative estimate of drug-likeness (QED) is 0.671. The molecule has 5 nitrogen and oxygen atoms in total. The Kier molecular flexibility index (Phi) is 2.89. The summed E-state index contributed by atoms with van der Waals surface area (Å²) in [6.45, 7) is 0. The third-order valence-corrected chi connectivity index (χ3v) is 4.06. The van der Waals surface area contributed by atoms with Crippen molar-refractivity contribution in [2.24, 2.45) is 0 Å². The Morgan fingerprint density at radius 3 is 2.83 bits per heavy atom. The first-order valence-electron chi connectivity index (χ1n) is 4.84. The minimum atomic E-state index is -0.675. The molecular weight excluding hydrogens is 340 g/mol. The zero-order valence-electron chi connectivity index (χ0n) is 8.67. The number of rotatable bonds is 2. The third-order valence-electron chi connectivity index (χ3n) is 2.27. The van der Waals surface area contributed by atoms with E-state index < -0.39 is 5.24 Å². The molecule has 0 aliphatic carbocycles. The first kappa shape index (κ1) is 11.8. The van der Waals surface area contributed by atoms with E-state index >= 15 is 0 Å². The largest absolute Gasteiger partial charge is 0.291 e. The topological polar surface area (TPSA) is 60.2 Å². The molecule has 0 radical (unpaired) electrons. The second-order valence-electron chi connectivity index (χ2n) is 3.38. The molecule has 0 aliphatic rings. The lowest BCUT2D eigenvalue weighted by Gasteiger charge is -1.97. The van der Waals surface area contributed by atoms with Crippen LogP contribution in [-0.4, -0.2) is 25.1 Å². The minimum absolute atomic E-state index is 0.0289. The van der Waals surface area contributed by atoms with Crippen LogP contribution in [0, 0.1) is 0 Å². The summed E-state index contributed by atoms with van der Waals surface area (Å²) in [6, 6.07) is 7.68. The van der Waals surface area contributed by atoms with Gasteiger partial charge in [0.05, 0.1) is 0 Å². The Morgan fingerprint density at radius 2 is 2.11 bits per heavy atom. The highest BCUT2D eigenvalue weighted by atomic mass is 79.9. The molecule has 0 aliphatic heterocycles. The van der Waals surface area contributed by atoms with Gasteiger partial charge in [-0.1, -0.05) is 45.5 Å². The number of benzene rings is 1. The van der Waals surface area contributed by atoms with Crippen LogP contribution in [-0.2, 0) is 0 Å². The van der Waals surface area contributed by atoms with Crippen LogP contribution in [0.3, 0.4) is 0 Å². The molecule has 0 saturated heterocycles. The summed E-state index contributed by atoms with van der Waals surface area (Å²) < 4.78 is 2.28. The van der Waals surface area contributed by atoms with Gasteiger partial charge in [0.1, 0.15) is 5.01 Å². The lowest BCUT2D eigenvalue weighted by Crippen LogP contribution is -1.99. The van der Waals surface area contributed by atoms with E-state index in [-0.39, 0.29) is 5.82 Å². The Bertz CT molecular complexity index is 753. The molecule has 0 amide bonds. The van der Waals surface area contributed by atoms with Crippen molar-refractivity contribution in [3.8, 4) is 10.6 Å². The summed E-state index contributed by atoms with van der Waals surface area (Å²) in [5.74, 6) is 0.0289. The summed E-state index contributed by atoms with van der Waals surface area (Å²) in [6.07, 6.45) is 0. The van der Waals surface area contributed by atoms with Crippen LogP contribution in [0.25, 0.3) is 15.5 Å². The van der Waals surface area contributed by atoms with Gasteiger partial charge in [0.25, 0.3) is 5.24 Å². The molecule has 2 heterocycles. The highest BCUT2D eigenvalue weighted by Crippen LogP contribution is 2.31. The van der Waals surface area contributed by atoms with Gasteiger partial charge < -0.3 is 0 Å². The van der Waals surface area contributed by atoms with Crippen molar-refractivity contribution in [1.82, 2.24) is 19.8 Å². The highest BCUT2D eigenvalue weighted by Gasteiger charge is 2.17. The second kappa shape index (κ2) is 4.42. The van der Waals surface area contributed by atoms with Crippen LogP contribution in [0.5, 0.6) is 0 Å². The van der Waals surface area contributed by atoms with Gasteiger partial charge in [-0.25, -0.2) is 0 Å². The van der Waals surface area contributed by atoms with Crippen LogP contribution in [0.1, 0.15) is 10.6 Å². The lowest BCUT2D eigenvalue weighted by molar-refractivity contribution is 0.107. The number of hydrogen-bond donors (Lipinski definition) is 0. The molecule has 3 rings (SSSR count). The fraction of sp³-hybridized carbons (Fsp3) is 0. The molecule has 8 heteroatoms. The minimum Gasteiger partial charge on any atom is -0.272 e. The molecule has 1 aromatic carbocycles. The number of aromatic nitrogens is 4. The molecule has 2 aromatic heterocycles. The van der Waals surface area contributed by atoms with Crippen molar-refractivity contribution in [3.05, 3.63) is 34.6 Å².